The highest BCUT2D eigenvalue weighted by Gasteiger charge is 2.42. The maximum Gasteiger partial charge on any atom is 0.251 e. The van der Waals surface area contributed by atoms with Gasteiger partial charge in [0.05, 0.1) is 12.0 Å². The number of fused-ring (bicyclic) bond motifs is 3. The summed E-state index contributed by atoms with van der Waals surface area (Å²) in [5.74, 6) is 2.79. The Morgan fingerprint density at radius 1 is 1.28 bits per heavy atom. The zero-order valence-corrected chi connectivity index (χ0v) is 15.3. The fourth-order valence-corrected chi connectivity index (χ4v) is 5.10. The number of amides is 1. The number of ketones is 1. The van der Waals surface area contributed by atoms with Crippen molar-refractivity contribution in [3.8, 4) is 5.75 Å². The zero-order chi connectivity index (χ0) is 17.8. The number of benzene rings is 1. The maximum atomic E-state index is 12.7. The van der Waals surface area contributed by atoms with Gasteiger partial charge in [-0.15, -0.1) is 0 Å². The highest BCUT2D eigenvalue weighted by molar-refractivity contribution is 6.03. The van der Waals surface area contributed by atoms with Gasteiger partial charge in [0.1, 0.15) is 11.4 Å². The molecule has 0 aromatic heterocycles. The van der Waals surface area contributed by atoms with Gasteiger partial charge < -0.3 is 10.1 Å². The minimum absolute atomic E-state index is 0.0436. The van der Waals surface area contributed by atoms with Gasteiger partial charge in [0.2, 0.25) is 0 Å². The normalized spacial score (nSPS) is 30.5. The Labute approximate surface area is 149 Å². The van der Waals surface area contributed by atoms with Gasteiger partial charge in [0, 0.05) is 11.6 Å². The van der Waals surface area contributed by atoms with Crippen LogP contribution >= 0.6 is 0 Å². The molecule has 1 aromatic rings. The quantitative estimate of drug-likeness (QED) is 0.904. The molecule has 1 aromatic carbocycles. The van der Waals surface area contributed by atoms with Crippen molar-refractivity contribution in [1.82, 2.24) is 5.32 Å². The highest BCUT2D eigenvalue weighted by atomic mass is 16.5. The second-order valence-corrected chi connectivity index (χ2v) is 8.77. The summed E-state index contributed by atoms with van der Waals surface area (Å²) < 4.78 is 5.87. The van der Waals surface area contributed by atoms with E-state index in [0.717, 1.165) is 11.8 Å². The SMILES string of the molecule is CC(NC(=O)c1ccc2c(c1)C(=O)CC(C)(C)O2)C1CC2CCC1C2. The molecule has 2 aliphatic carbocycles. The number of Topliss-reactive ketones (excluding diaryl/α,β-unsaturated/α-hetero) is 1. The minimum Gasteiger partial charge on any atom is -0.487 e. The van der Waals surface area contributed by atoms with E-state index in [1.54, 1.807) is 18.2 Å². The Morgan fingerprint density at radius 3 is 2.76 bits per heavy atom. The molecule has 1 heterocycles. The van der Waals surface area contributed by atoms with E-state index in [9.17, 15) is 9.59 Å². The van der Waals surface area contributed by atoms with E-state index >= 15 is 0 Å². The van der Waals surface area contributed by atoms with Crippen LogP contribution in [0, 0.1) is 17.8 Å². The van der Waals surface area contributed by atoms with Crippen LogP contribution in [0.3, 0.4) is 0 Å². The molecule has 4 atom stereocenters. The van der Waals surface area contributed by atoms with Gasteiger partial charge >= 0.3 is 0 Å². The molecule has 4 heteroatoms. The fraction of sp³-hybridized carbons (Fsp3) is 0.619. The average molecular weight is 341 g/mol. The van der Waals surface area contributed by atoms with Gasteiger partial charge in [-0.05, 0) is 76.0 Å². The number of hydrogen-bond acceptors (Lipinski definition) is 3. The van der Waals surface area contributed by atoms with Gasteiger partial charge in [-0.3, -0.25) is 9.59 Å². The third-order valence-electron chi connectivity index (χ3n) is 6.31. The summed E-state index contributed by atoms with van der Waals surface area (Å²) in [4.78, 5) is 25.1. The zero-order valence-electron chi connectivity index (χ0n) is 15.3. The van der Waals surface area contributed by atoms with Crippen molar-refractivity contribution in [2.45, 2.75) is 64.5 Å². The van der Waals surface area contributed by atoms with Gasteiger partial charge in [-0.1, -0.05) is 6.42 Å². The fourth-order valence-electron chi connectivity index (χ4n) is 5.10. The van der Waals surface area contributed by atoms with Crippen LogP contribution in [-0.4, -0.2) is 23.3 Å². The number of hydrogen-bond donors (Lipinski definition) is 1. The number of nitrogens with one attached hydrogen (secondary N) is 1. The number of carbonyl (C=O) groups excluding carboxylic acids is 2. The molecule has 134 valence electrons. The molecule has 2 bridgehead atoms. The molecule has 1 amide bonds. The van der Waals surface area contributed by atoms with E-state index in [1.165, 1.54) is 25.7 Å². The van der Waals surface area contributed by atoms with Crippen LogP contribution in [-0.2, 0) is 0 Å². The topological polar surface area (TPSA) is 55.4 Å². The largest absolute Gasteiger partial charge is 0.487 e. The van der Waals surface area contributed by atoms with Crippen molar-refractivity contribution in [2.24, 2.45) is 17.8 Å². The van der Waals surface area contributed by atoms with E-state index in [-0.39, 0.29) is 17.7 Å². The monoisotopic (exact) mass is 341 g/mol. The molecule has 0 saturated heterocycles. The summed E-state index contributed by atoms with van der Waals surface area (Å²) in [6.07, 6.45) is 5.61. The Kier molecular flexibility index (Phi) is 3.89. The third-order valence-corrected chi connectivity index (χ3v) is 6.31. The lowest BCUT2D eigenvalue weighted by Crippen LogP contribution is -2.40. The molecule has 4 rings (SSSR count). The van der Waals surface area contributed by atoms with E-state index in [4.69, 9.17) is 4.74 Å². The van der Waals surface area contributed by atoms with Crippen molar-refractivity contribution < 1.29 is 14.3 Å². The molecule has 2 saturated carbocycles. The van der Waals surface area contributed by atoms with Crippen LogP contribution in [0.2, 0.25) is 0 Å². The minimum atomic E-state index is -0.482. The van der Waals surface area contributed by atoms with Crippen LogP contribution in [0.1, 0.15) is 73.6 Å². The summed E-state index contributed by atoms with van der Waals surface area (Å²) in [5, 5.41) is 3.17. The predicted molar refractivity (Wildman–Crippen MR) is 96.0 cm³/mol. The molecule has 3 aliphatic rings. The van der Waals surface area contributed by atoms with E-state index in [0.29, 0.717) is 29.2 Å². The molecule has 25 heavy (non-hydrogen) atoms. The summed E-state index contributed by atoms with van der Waals surface area (Å²) in [5.41, 5.74) is 0.592. The summed E-state index contributed by atoms with van der Waals surface area (Å²) in [6.45, 7) is 5.94. The summed E-state index contributed by atoms with van der Waals surface area (Å²) >= 11 is 0. The van der Waals surface area contributed by atoms with Crippen LogP contribution in [0.15, 0.2) is 18.2 Å². The Balaban J connectivity index is 1.48. The van der Waals surface area contributed by atoms with Crippen molar-refractivity contribution >= 4 is 11.7 Å². The predicted octanol–water partition coefficient (Wildman–Crippen LogP) is 3.98. The molecule has 0 radical (unpaired) electrons. The van der Waals surface area contributed by atoms with Crippen molar-refractivity contribution in [3.63, 3.8) is 0 Å². The van der Waals surface area contributed by atoms with Gasteiger partial charge in [-0.2, -0.15) is 0 Å². The number of carbonyl (C=O) groups is 2. The second-order valence-electron chi connectivity index (χ2n) is 8.77. The van der Waals surface area contributed by atoms with Crippen LogP contribution in [0.25, 0.3) is 0 Å². The molecule has 1 aliphatic heterocycles. The van der Waals surface area contributed by atoms with Crippen molar-refractivity contribution in [2.75, 3.05) is 0 Å². The first kappa shape index (κ1) is 16.6. The Hall–Kier alpha value is -1.84. The van der Waals surface area contributed by atoms with E-state index in [2.05, 4.69) is 12.2 Å². The average Bonchev–Trinajstić information content (AvgIpc) is 3.16. The Bertz CT molecular complexity index is 724. The van der Waals surface area contributed by atoms with Crippen LogP contribution in [0.4, 0.5) is 0 Å². The van der Waals surface area contributed by atoms with Gasteiger partial charge in [0.25, 0.3) is 5.91 Å². The molecule has 2 fully saturated rings. The highest BCUT2D eigenvalue weighted by Crippen LogP contribution is 2.49. The second kappa shape index (κ2) is 5.86. The first-order valence-corrected chi connectivity index (χ1v) is 9.49. The maximum absolute atomic E-state index is 12.7. The third kappa shape index (κ3) is 3.07. The number of ether oxygens (including phenoxy) is 1. The summed E-state index contributed by atoms with van der Waals surface area (Å²) in [6, 6.07) is 5.39. The molecule has 4 nitrogen and oxygen atoms in total. The lowest BCUT2D eigenvalue weighted by Gasteiger charge is -2.32. The van der Waals surface area contributed by atoms with Crippen LogP contribution < -0.4 is 10.1 Å². The first-order valence-electron chi connectivity index (χ1n) is 9.49. The van der Waals surface area contributed by atoms with E-state index in [1.807, 2.05) is 13.8 Å². The standard InChI is InChI=1S/C21H27NO3/c1-12(16-9-13-4-5-14(16)8-13)22-20(24)15-6-7-19-17(10-15)18(23)11-21(2,3)25-19/h6-7,10,12-14,16H,4-5,8-9,11H2,1-3H3,(H,22,24). The van der Waals surface area contributed by atoms with Crippen molar-refractivity contribution in [3.05, 3.63) is 29.3 Å². The lowest BCUT2D eigenvalue weighted by atomic mass is 9.84. The van der Waals surface area contributed by atoms with E-state index < -0.39 is 5.60 Å². The molecule has 1 N–H and O–H groups in total. The Morgan fingerprint density at radius 2 is 2.08 bits per heavy atom. The molecular formula is C21H27NO3. The van der Waals surface area contributed by atoms with Gasteiger partial charge in [0.15, 0.2) is 5.78 Å². The molecule has 0 spiro atoms. The smallest absolute Gasteiger partial charge is 0.251 e. The van der Waals surface area contributed by atoms with Crippen LogP contribution in [0.5, 0.6) is 5.75 Å². The first-order chi connectivity index (χ1) is 11.8. The van der Waals surface area contributed by atoms with Crippen molar-refractivity contribution in [1.29, 1.82) is 0 Å². The summed E-state index contributed by atoms with van der Waals surface area (Å²) in [7, 11) is 0. The molecule has 4 unspecified atom stereocenters. The lowest BCUT2D eigenvalue weighted by molar-refractivity contribution is 0.0620. The number of rotatable bonds is 3. The van der Waals surface area contributed by atoms with Gasteiger partial charge in [-0.25, -0.2) is 0 Å². The molecular weight excluding hydrogens is 314 g/mol.